The fourth-order valence-electron chi connectivity index (χ4n) is 4.88. The molecule has 0 radical (unpaired) electrons. The van der Waals surface area contributed by atoms with Crippen molar-refractivity contribution in [2.75, 3.05) is 26.2 Å². The number of thioether (sulfide) groups is 1. The molecule has 1 aromatic heterocycles. The van der Waals surface area contributed by atoms with Crippen molar-refractivity contribution in [1.29, 1.82) is 0 Å². The van der Waals surface area contributed by atoms with Crippen LogP contribution in [0.25, 0.3) is 5.76 Å². The van der Waals surface area contributed by atoms with Crippen LogP contribution in [-0.2, 0) is 15.3 Å². The predicted octanol–water partition coefficient (Wildman–Crippen LogP) is 7.41. The molecule has 1 aliphatic heterocycles. The molecule has 1 unspecified atom stereocenters. The summed E-state index contributed by atoms with van der Waals surface area (Å²) in [4.78, 5) is 28.7. The van der Waals surface area contributed by atoms with Crippen LogP contribution in [0.15, 0.2) is 58.4 Å². The Morgan fingerprint density at radius 2 is 1.68 bits per heavy atom. The number of carbonyl (C=O) groups excluding carboxylic acids is 2. The van der Waals surface area contributed by atoms with Crippen molar-refractivity contribution in [2.45, 2.75) is 30.0 Å². The minimum absolute atomic E-state index is 0.102. The molecule has 44 heavy (non-hydrogen) atoms. The largest absolute Gasteiger partial charge is 0.507 e. The van der Waals surface area contributed by atoms with Gasteiger partial charge >= 0.3 is 5.91 Å². The summed E-state index contributed by atoms with van der Waals surface area (Å²) < 4.78 is 17.2. The molecule has 9 nitrogen and oxygen atoms in total. The fourth-order valence-corrected chi connectivity index (χ4v) is 7.30. The first-order chi connectivity index (χ1) is 21.1. The highest BCUT2D eigenvalue weighted by Crippen LogP contribution is 2.48. The zero-order valence-electron chi connectivity index (χ0n) is 24.3. The third-order valence-corrected chi connectivity index (χ3v) is 9.76. The zero-order valence-corrected chi connectivity index (χ0v) is 27.5. The lowest BCUT2D eigenvalue weighted by molar-refractivity contribution is -0.132. The van der Waals surface area contributed by atoms with E-state index in [1.807, 2.05) is 32.0 Å². The molecule has 0 saturated carbocycles. The van der Waals surface area contributed by atoms with Crippen LogP contribution in [0.2, 0.25) is 10.0 Å². The summed E-state index contributed by atoms with van der Waals surface area (Å²) in [6.45, 7) is 3.70. The number of anilines is 1. The van der Waals surface area contributed by atoms with Crippen LogP contribution in [0, 0.1) is 13.8 Å². The summed E-state index contributed by atoms with van der Waals surface area (Å²) in [7, 11) is 4.41. The highest BCUT2D eigenvalue weighted by Gasteiger charge is 2.49. The van der Waals surface area contributed by atoms with Crippen LogP contribution in [0.1, 0.15) is 33.9 Å². The lowest BCUT2D eigenvalue weighted by atomic mass is 9.93. The fraction of sp³-hybridized carbons (Fsp3) is 0.226. The van der Waals surface area contributed by atoms with E-state index < -0.39 is 17.7 Å². The normalized spacial score (nSPS) is 16.0. The van der Waals surface area contributed by atoms with Gasteiger partial charge in [0.05, 0.1) is 32.9 Å². The van der Waals surface area contributed by atoms with E-state index in [-0.39, 0.29) is 16.5 Å². The molecule has 1 atom stereocenters. The van der Waals surface area contributed by atoms with Crippen molar-refractivity contribution >= 4 is 68.9 Å². The van der Waals surface area contributed by atoms with Crippen LogP contribution < -0.4 is 19.1 Å². The van der Waals surface area contributed by atoms with Gasteiger partial charge in [-0.15, -0.1) is 10.2 Å². The molecule has 0 spiro atoms. The third kappa shape index (κ3) is 5.97. The molecule has 1 aliphatic rings. The minimum atomic E-state index is -1.08. The first kappa shape index (κ1) is 31.6. The van der Waals surface area contributed by atoms with Crippen molar-refractivity contribution in [1.82, 2.24) is 10.2 Å². The van der Waals surface area contributed by atoms with Gasteiger partial charge < -0.3 is 19.3 Å². The average molecular weight is 673 g/mol. The van der Waals surface area contributed by atoms with Gasteiger partial charge in [-0.05, 0) is 60.9 Å². The molecule has 1 amide bonds. The van der Waals surface area contributed by atoms with Crippen molar-refractivity contribution in [2.24, 2.45) is 0 Å². The zero-order chi connectivity index (χ0) is 31.7. The Hall–Kier alpha value is -3.77. The van der Waals surface area contributed by atoms with Crippen LogP contribution in [-0.4, -0.2) is 48.3 Å². The molecular formula is C31H27Cl2N3O6S2. The number of aliphatic hydroxyl groups excluding tert-OH is 1. The van der Waals surface area contributed by atoms with Crippen LogP contribution in [0.5, 0.6) is 17.2 Å². The molecular weight excluding hydrogens is 645 g/mol. The number of benzene rings is 3. The number of Topliss-reactive ketones (excluding diaryl/α,β-unsaturated/α-hetero) is 1. The number of hydrogen-bond donors (Lipinski definition) is 1. The molecule has 4 aromatic rings. The Balaban J connectivity index is 1.64. The van der Waals surface area contributed by atoms with Crippen molar-refractivity contribution < 1.29 is 28.9 Å². The highest BCUT2D eigenvalue weighted by atomic mass is 35.5. The van der Waals surface area contributed by atoms with Gasteiger partial charge in [0.15, 0.2) is 15.8 Å². The number of halogens is 2. The van der Waals surface area contributed by atoms with E-state index in [1.165, 1.54) is 38.0 Å². The summed E-state index contributed by atoms with van der Waals surface area (Å²) in [6, 6.07) is 13.0. The molecule has 1 fully saturated rings. The van der Waals surface area contributed by atoms with E-state index in [0.29, 0.717) is 48.5 Å². The SMILES string of the molecule is COc1cc(C2/C(=C(\O)c3cc(C)ccc3C)C(=O)C(=O)N2c2nnc(SCc3ccc(Cl)cc3Cl)s2)cc(OC)c1OC. The summed E-state index contributed by atoms with van der Waals surface area (Å²) in [5.41, 5.74) is 3.23. The number of nitrogens with zero attached hydrogens (tertiary/aromatic N) is 3. The van der Waals surface area contributed by atoms with Crippen LogP contribution >= 0.6 is 46.3 Å². The maximum Gasteiger partial charge on any atom is 0.301 e. The van der Waals surface area contributed by atoms with Crippen molar-refractivity contribution in [3.63, 3.8) is 0 Å². The van der Waals surface area contributed by atoms with Gasteiger partial charge in [-0.2, -0.15) is 0 Å². The third-order valence-electron chi connectivity index (χ3n) is 7.06. The summed E-state index contributed by atoms with van der Waals surface area (Å²) in [5, 5.41) is 21.4. The smallest absolute Gasteiger partial charge is 0.301 e. The molecule has 0 bridgehead atoms. The Labute approximate surface area is 272 Å². The number of hydrogen-bond acceptors (Lipinski definition) is 10. The molecule has 2 heterocycles. The van der Waals surface area contributed by atoms with Crippen LogP contribution in [0.4, 0.5) is 5.13 Å². The van der Waals surface area contributed by atoms with E-state index in [2.05, 4.69) is 10.2 Å². The molecule has 1 N–H and O–H groups in total. The van der Waals surface area contributed by atoms with Gasteiger partial charge in [0, 0.05) is 21.4 Å². The van der Waals surface area contributed by atoms with E-state index >= 15 is 0 Å². The number of carbonyl (C=O) groups is 2. The second-order valence-electron chi connectivity index (χ2n) is 9.82. The Morgan fingerprint density at radius 1 is 0.977 bits per heavy atom. The standard InChI is InChI=1S/C31H27Cl2N3O6S2/c1-15-6-7-16(2)20(10-15)26(37)24-25(18-11-22(40-3)28(42-5)23(12-18)41-4)36(29(39)27(24)38)30-34-35-31(44-30)43-14-17-8-9-19(32)13-21(17)33/h6-13,25,37H,14H2,1-5H3/b26-24+. The maximum atomic E-state index is 13.7. The number of rotatable bonds is 9. The van der Waals surface area contributed by atoms with Crippen LogP contribution in [0.3, 0.4) is 0 Å². The van der Waals surface area contributed by atoms with Gasteiger partial charge in [-0.3, -0.25) is 14.5 Å². The predicted molar refractivity (Wildman–Crippen MR) is 173 cm³/mol. The molecule has 13 heteroatoms. The Morgan fingerprint density at radius 3 is 2.32 bits per heavy atom. The molecule has 228 valence electrons. The number of ketones is 1. The quantitative estimate of drug-likeness (QED) is 0.0639. The monoisotopic (exact) mass is 671 g/mol. The van der Waals surface area contributed by atoms with Crippen molar-refractivity contribution in [3.05, 3.63) is 92.0 Å². The van der Waals surface area contributed by atoms with Gasteiger partial charge in [0.1, 0.15) is 5.76 Å². The Kier molecular flexibility index (Phi) is 9.40. The average Bonchev–Trinajstić information content (AvgIpc) is 3.58. The molecule has 3 aromatic carbocycles. The number of methoxy groups -OCH3 is 3. The van der Waals surface area contributed by atoms with Crippen molar-refractivity contribution in [3.8, 4) is 17.2 Å². The van der Waals surface area contributed by atoms with Gasteiger partial charge in [-0.1, -0.05) is 70.1 Å². The molecule has 5 rings (SSSR count). The second-order valence-corrected chi connectivity index (χ2v) is 12.8. The summed E-state index contributed by atoms with van der Waals surface area (Å²) in [5.74, 6) is -0.585. The first-order valence-electron chi connectivity index (χ1n) is 13.2. The lowest BCUT2D eigenvalue weighted by Gasteiger charge is -2.24. The first-order valence-corrected chi connectivity index (χ1v) is 15.7. The number of aryl methyl sites for hydroxylation is 2. The molecule has 0 aliphatic carbocycles. The maximum absolute atomic E-state index is 13.7. The molecule has 1 saturated heterocycles. The number of aromatic nitrogens is 2. The van der Waals surface area contributed by atoms with E-state index in [4.69, 9.17) is 37.4 Å². The van der Waals surface area contributed by atoms with Gasteiger partial charge in [0.2, 0.25) is 10.9 Å². The second kappa shape index (κ2) is 13.1. The van der Waals surface area contributed by atoms with E-state index in [9.17, 15) is 14.7 Å². The topological polar surface area (TPSA) is 111 Å². The highest BCUT2D eigenvalue weighted by molar-refractivity contribution is 8.00. The number of aliphatic hydroxyl groups is 1. The minimum Gasteiger partial charge on any atom is -0.507 e. The van der Waals surface area contributed by atoms with E-state index in [0.717, 1.165) is 28.0 Å². The van der Waals surface area contributed by atoms with Gasteiger partial charge in [-0.25, -0.2) is 0 Å². The lowest BCUT2D eigenvalue weighted by Crippen LogP contribution is -2.29. The number of amides is 1. The number of ether oxygens (including phenoxy) is 3. The Bertz CT molecular complexity index is 1780. The summed E-state index contributed by atoms with van der Waals surface area (Å²) >= 11 is 14.9. The summed E-state index contributed by atoms with van der Waals surface area (Å²) in [6.07, 6.45) is 0. The van der Waals surface area contributed by atoms with E-state index in [1.54, 1.807) is 30.3 Å². The van der Waals surface area contributed by atoms with Gasteiger partial charge in [0.25, 0.3) is 5.78 Å².